The van der Waals surface area contributed by atoms with Crippen LogP contribution in [0.1, 0.15) is 85.5 Å². The number of nitrogens with one attached hydrogen (secondary N) is 1. The molecule has 22 atom stereocenters. The highest BCUT2D eigenvalue weighted by Gasteiger charge is 2.71. The summed E-state index contributed by atoms with van der Waals surface area (Å²) in [6.07, 6.45) is -10.8. The van der Waals surface area contributed by atoms with Crippen LogP contribution in [0.4, 0.5) is 19.3 Å². The summed E-state index contributed by atoms with van der Waals surface area (Å²) in [6, 6.07) is 2.45. The van der Waals surface area contributed by atoms with Crippen LogP contribution in [0.25, 0.3) is 0 Å². The van der Waals surface area contributed by atoms with Crippen LogP contribution in [0, 0.1) is 63.9 Å². The number of aliphatic hydroxyl groups is 6. The van der Waals surface area contributed by atoms with Gasteiger partial charge in [0.2, 0.25) is 0 Å². The van der Waals surface area contributed by atoms with Crippen LogP contribution in [0.2, 0.25) is 0 Å². The van der Waals surface area contributed by atoms with Gasteiger partial charge in [0.15, 0.2) is 18.4 Å². The van der Waals surface area contributed by atoms with E-state index in [1.807, 2.05) is 0 Å². The molecule has 8 aliphatic rings. The third-order valence-electron chi connectivity index (χ3n) is 17.2. The Bertz CT molecular complexity index is 1890. The Kier molecular flexibility index (Phi) is 12.8. The normalized spacial score (nSPS) is 50.0. The van der Waals surface area contributed by atoms with Gasteiger partial charge in [-0.05, 0) is 97.5 Å². The number of amides is 1. The first-order chi connectivity index (χ1) is 30.4. The van der Waals surface area contributed by atoms with E-state index in [9.17, 15) is 49.0 Å². The second-order valence-electron chi connectivity index (χ2n) is 20.9. The van der Waals surface area contributed by atoms with Gasteiger partial charge in [-0.1, -0.05) is 27.7 Å². The summed E-state index contributed by atoms with van der Waals surface area (Å²) < 4.78 is 69.5. The van der Waals surface area contributed by atoms with E-state index < -0.39 is 98.1 Å². The van der Waals surface area contributed by atoms with Crippen molar-refractivity contribution in [1.82, 2.24) is 0 Å². The Balaban J connectivity index is 0.803. The van der Waals surface area contributed by atoms with E-state index >= 15 is 0 Å². The summed E-state index contributed by atoms with van der Waals surface area (Å²) in [5.41, 5.74) is -0.768. The van der Waals surface area contributed by atoms with Crippen LogP contribution in [-0.2, 0) is 38.0 Å². The standard InChI is InChI=1S/C46H65F2NO15/c1-20-9-12-46(59-18-20)21(2)33-30(64-46)15-26-25-7-5-22-13-24(10-11-44(22,3)34(25)29(51)16-45(26,33)4)60-41-39(56)37(54)40(31(17-50)61-41)63-42-38(55)36(53)35(52)32(62-42)19-58-43(57)49-28-8-6-23(47)14-27(28)48/h6,8,14,20-22,24-26,30-42,50,52-56H,5,7,9-13,15-19H2,1-4H3,(H,49,57)/t20-,21+,22+,24+,25+,26+,30+,31-,32-,33+,34-,35-,36+,37-,38-,39-,40-,41-,42+,44+,45+,46-/m1/s1. The van der Waals surface area contributed by atoms with Crippen molar-refractivity contribution in [1.29, 1.82) is 0 Å². The largest absolute Gasteiger partial charge is 0.446 e. The highest BCUT2D eigenvalue weighted by atomic mass is 19.1. The number of hydrogen-bond acceptors (Lipinski definition) is 15. The SMILES string of the molecule is C[C@@H]1CC[C@@]2(OC1)O[C@H]1C[C@H]3[C@@H]4CC[C@H]5C[C@@H](O[C@@H]6O[C@H](CO)[C@@H](O[C@@H]7O[C@H](COC(=O)Nc8ccc(F)cc8F)[C@@H](O)[C@H](O)[C@H]7O)[C@H](O)[C@H]6O)CC[C@]5(C)[C@H]4C(=O)C[C@]3(C)[C@H]1[C@@H]2C. The molecular formula is C46H65F2NO15. The number of ether oxygens (including phenoxy) is 7. The quantitative estimate of drug-likeness (QED) is 0.186. The van der Waals surface area contributed by atoms with Crippen molar-refractivity contribution in [3.63, 3.8) is 0 Å². The third-order valence-corrected chi connectivity index (χ3v) is 17.2. The van der Waals surface area contributed by atoms with Gasteiger partial charge in [-0.25, -0.2) is 13.6 Å². The summed E-state index contributed by atoms with van der Waals surface area (Å²) >= 11 is 0. The van der Waals surface area contributed by atoms with Crippen LogP contribution in [-0.4, -0.2) is 142 Å². The zero-order chi connectivity index (χ0) is 45.6. The molecule has 1 spiro atoms. The number of fused-ring (bicyclic) bond motifs is 7. The molecule has 9 rings (SSSR count). The molecule has 4 heterocycles. The van der Waals surface area contributed by atoms with E-state index in [2.05, 4.69) is 33.0 Å². The first-order valence-electron chi connectivity index (χ1n) is 23.2. The number of anilines is 1. The molecule has 8 fully saturated rings. The maximum absolute atomic E-state index is 14.6. The van der Waals surface area contributed by atoms with E-state index in [-0.39, 0.29) is 58.3 Å². The van der Waals surface area contributed by atoms with Crippen molar-refractivity contribution < 1.29 is 82.2 Å². The summed E-state index contributed by atoms with van der Waals surface area (Å²) in [5, 5.41) is 67.1. The Morgan fingerprint density at radius 1 is 0.875 bits per heavy atom. The molecule has 4 saturated carbocycles. The van der Waals surface area contributed by atoms with Crippen molar-refractivity contribution >= 4 is 17.6 Å². The molecule has 0 radical (unpaired) electrons. The number of benzene rings is 1. The fraction of sp³-hybridized carbons (Fsp3) is 0.826. The molecule has 4 aliphatic heterocycles. The second-order valence-corrected chi connectivity index (χ2v) is 20.9. The predicted molar refractivity (Wildman–Crippen MR) is 218 cm³/mol. The van der Waals surface area contributed by atoms with Crippen molar-refractivity contribution in [2.75, 3.05) is 25.1 Å². The predicted octanol–water partition coefficient (Wildman–Crippen LogP) is 3.16. The molecular weight excluding hydrogens is 844 g/mol. The maximum atomic E-state index is 14.6. The van der Waals surface area contributed by atoms with Crippen LogP contribution in [0.15, 0.2) is 18.2 Å². The van der Waals surface area contributed by atoms with Crippen LogP contribution in [0.3, 0.4) is 0 Å². The molecule has 0 unspecified atom stereocenters. The average Bonchev–Trinajstić information content (AvgIpc) is 3.70. The van der Waals surface area contributed by atoms with Gasteiger partial charge in [-0.15, -0.1) is 0 Å². The molecule has 4 aliphatic carbocycles. The fourth-order valence-corrected chi connectivity index (χ4v) is 13.9. The van der Waals surface area contributed by atoms with E-state index in [4.69, 9.17) is 33.2 Å². The Labute approximate surface area is 371 Å². The highest BCUT2D eigenvalue weighted by Crippen LogP contribution is 2.70. The molecule has 0 bridgehead atoms. The summed E-state index contributed by atoms with van der Waals surface area (Å²) in [6.45, 7) is 8.37. The minimum Gasteiger partial charge on any atom is -0.446 e. The maximum Gasteiger partial charge on any atom is 0.411 e. The molecule has 4 saturated heterocycles. The van der Waals surface area contributed by atoms with Gasteiger partial charge in [0.25, 0.3) is 0 Å². The lowest BCUT2D eigenvalue weighted by Crippen LogP contribution is -2.65. The highest BCUT2D eigenvalue weighted by molar-refractivity contribution is 5.85. The molecule has 18 heteroatoms. The van der Waals surface area contributed by atoms with Crippen molar-refractivity contribution in [3.05, 3.63) is 29.8 Å². The molecule has 16 nitrogen and oxygen atoms in total. The average molecular weight is 910 g/mol. The lowest BCUT2D eigenvalue weighted by Gasteiger charge is -2.60. The van der Waals surface area contributed by atoms with E-state index in [1.165, 1.54) is 0 Å². The van der Waals surface area contributed by atoms with Crippen LogP contribution >= 0.6 is 0 Å². The minimum absolute atomic E-state index is 0.0681. The zero-order valence-electron chi connectivity index (χ0n) is 36.8. The number of hydrogen-bond donors (Lipinski definition) is 7. The van der Waals surface area contributed by atoms with Gasteiger partial charge < -0.3 is 63.8 Å². The summed E-state index contributed by atoms with van der Waals surface area (Å²) in [4.78, 5) is 26.9. The van der Waals surface area contributed by atoms with E-state index in [1.54, 1.807) is 0 Å². The number of ketones is 1. The van der Waals surface area contributed by atoms with Gasteiger partial charge in [-0.3, -0.25) is 10.1 Å². The number of Topliss-reactive ketones (excluding diaryl/α,β-unsaturated/α-hetero) is 1. The lowest BCUT2D eigenvalue weighted by atomic mass is 9.44. The fourth-order valence-electron chi connectivity index (χ4n) is 13.9. The Hall–Kier alpha value is -2.46. The first-order valence-corrected chi connectivity index (χ1v) is 23.2. The first kappa shape index (κ1) is 46.6. The number of halogens is 2. The Morgan fingerprint density at radius 3 is 2.33 bits per heavy atom. The monoisotopic (exact) mass is 909 g/mol. The van der Waals surface area contributed by atoms with Crippen LogP contribution < -0.4 is 5.32 Å². The molecule has 64 heavy (non-hydrogen) atoms. The zero-order valence-corrected chi connectivity index (χ0v) is 36.8. The third kappa shape index (κ3) is 7.92. The summed E-state index contributed by atoms with van der Waals surface area (Å²) in [7, 11) is 0. The number of rotatable bonds is 8. The number of carbonyl (C=O) groups excluding carboxylic acids is 2. The minimum atomic E-state index is -1.90. The second kappa shape index (κ2) is 17.6. The molecule has 1 amide bonds. The molecule has 7 N–H and O–H groups in total. The molecule has 1 aromatic carbocycles. The van der Waals surface area contributed by atoms with Gasteiger partial charge in [0, 0.05) is 30.7 Å². The topological polar surface area (TPSA) is 232 Å². The summed E-state index contributed by atoms with van der Waals surface area (Å²) in [5.74, 6) is -0.356. The van der Waals surface area contributed by atoms with E-state index in [0.717, 1.165) is 50.7 Å². The molecule has 358 valence electrons. The van der Waals surface area contributed by atoms with Gasteiger partial charge >= 0.3 is 6.09 Å². The number of aliphatic hydroxyl groups excluding tert-OH is 6. The molecule has 1 aromatic rings. The Morgan fingerprint density at radius 2 is 1.61 bits per heavy atom. The van der Waals surface area contributed by atoms with E-state index in [0.29, 0.717) is 49.6 Å². The number of carbonyl (C=O) groups is 2. The molecule has 0 aromatic heterocycles. The van der Waals surface area contributed by atoms with Crippen molar-refractivity contribution in [2.45, 2.75) is 165 Å². The van der Waals surface area contributed by atoms with Crippen LogP contribution in [0.5, 0.6) is 0 Å². The van der Waals surface area contributed by atoms with Crippen molar-refractivity contribution in [3.8, 4) is 0 Å². The van der Waals surface area contributed by atoms with Gasteiger partial charge in [0.1, 0.15) is 72.9 Å². The lowest BCUT2D eigenvalue weighted by molar-refractivity contribution is -0.364. The smallest absolute Gasteiger partial charge is 0.411 e. The van der Waals surface area contributed by atoms with Gasteiger partial charge in [0.05, 0.1) is 31.1 Å². The van der Waals surface area contributed by atoms with Gasteiger partial charge in [-0.2, -0.15) is 0 Å². The van der Waals surface area contributed by atoms with Crippen molar-refractivity contribution in [2.24, 2.45) is 52.3 Å².